The van der Waals surface area contributed by atoms with Crippen LogP contribution in [0.1, 0.15) is 0 Å². The number of nitrogens with two attached hydrogens (primary N) is 1. The second-order valence-corrected chi connectivity index (χ2v) is 3.95. The van der Waals surface area contributed by atoms with Gasteiger partial charge in [0.2, 0.25) is 5.96 Å². The summed E-state index contributed by atoms with van der Waals surface area (Å²) in [6.45, 7) is 0. The molecule has 0 radical (unpaired) electrons. The highest BCUT2D eigenvalue weighted by Crippen LogP contribution is 2.39. The average Bonchev–Trinajstić information content (AvgIpc) is 2.50. The Kier molecular flexibility index (Phi) is 1.89. The molecule has 2 rings (SSSR count). The standard InChI is InChI=1S/C6H5N3O2S2/c7-5-8-13-3-1-2-12-4(3)9(5)6(10)11/h1-2H,(H2,7,8)(H,10,11). The maximum absolute atomic E-state index is 10.8. The summed E-state index contributed by atoms with van der Waals surface area (Å²) < 4.78 is 3.81. The van der Waals surface area contributed by atoms with Crippen LogP contribution in [0.15, 0.2) is 20.7 Å². The highest BCUT2D eigenvalue weighted by molar-refractivity contribution is 7.98. The van der Waals surface area contributed by atoms with Gasteiger partial charge in [-0.15, -0.1) is 11.3 Å². The van der Waals surface area contributed by atoms with Crippen LogP contribution >= 0.6 is 23.3 Å². The van der Waals surface area contributed by atoms with Crippen molar-refractivity contribution in [3.8, 4) is 0 Å². The fourth-order valence-corrected chi connectivity index (χ4v) is 2.66. The molecular weight excluding hydrogens is 210 g/mol. The SMILES string of the molecule is NC1=NSc2ccsc2N1C(=O)O. The first-order valence-corrected chi connectivity index (χ1v) is 4.96. The molecule has 68 valence electrons. The molecule has 0 spiro atoms. The van der Waals surface area contributed by atoms with Gasteiger partial charge in [0.1, 0.15) is 5.00 Å². The Bertz CT molecular complexity index is 387. The summed E-state index contributed by atoms with van der Waals surface area (Å²) in [6, 6.07) is 1.82. The van der Waals surface area contributed by atoms with Crippen LogP contribution < -0.4 is 10.6 Å². The maximum Gasteiger partial charge on any atom is 0.419 e. The van der Waals surface area contributed by atoms with Gasteiger partial charge in [-0.25, -0.2) is 9.69 Å². The normalized spacial score (nSPS) is 15.1. The molecule has 0 unspecified atom stereocenters. The van der Waals surface area contributed by atoms with E-state index in [2.05, 4.69) is 4.40 Å². The predicted octanol–water partition coefficient (Wildman–Crippen LogP) is 1.57. The molecule has 7 heteroatoms. The molecule has 0 atom stereocenters. The topological polar surface area (TPSA) is 78.9 Å². The molecule has 1 aliphatic rings. The molecule has 0 saturated carbocycles. The minimum Gasteiger partial charge on any atom is -0.464 e. The first kappa shape index (κ1) is 8.39. The van der Waals surface area contributed by atoms with E-state index in [0.29, 0.717) is 5.00 Å². The van der Waals surface area contributed by atoms with E-state index in [1.165, 1.54) is 23.3 Å². The Balaban J connectivity index is 2.49. The lowest BCUT2D eigenvalue weighted by molar-refractivity contribution is 0.205. The molecule has 1 amide bonds. The van der Waals surface area contributed by atoms with Crippen LogP contribution in [0.3, 0.4) is 0 Å². The summed E-state index contributed by atoms with van der Waals surface area (Å²) in [5.74, 6) is 0.00690. The van der Waals surface area contributed by atoms with Crippen LogP contribution in [0.2, 0.25) is 0 Å². The second kappa shape index (κ2) is 2.93. The molecule has 0 aliphatic carbocycles. The van der Waals surface area contributed by atoms with Gasteiger partial charge in [0.25, 0.3) is 0 Å². The van der Waals surface area contributed by atoms with Gasteiger partial charge in [-0.1, -0.05) is 0 Å². The third-order valence-electron chi connectivity index (χ3n) is 1.47. The van der Waals surface area contributed by atoms with E-state index in [4.69, 9.17) is 10.8 Å². The van der Waals surface area contributed by atoms with Crippen LogP contribution in [0, 0.1) is 0 Å². The van der Waals surface area contributed by atoms with Crippen LogP contribution in [-0.4, -0.2) is 17.2 Å². The van der Waals surface area contributed by atoms with Crippen LogP contribution in [-0.2, 0) is 0 Å². The van der Waals surface area contributed by atoms with E-state index in [1.54, 1.807) is 0 Å². The van der Waals surface area contributed by atoms with Gasteiger partial charge in [-0.3, -0.25) is 0 Å². The van der Waals surface area contributed by atoms with E-state index in [-0.39, 0.29) is 5.96 Å². The number of hydrogen-bond donors (Lipinski definition) is 2. The molecule has 1 aromatic heterocycles. The number of fused-ring (bicyclic) bond motifs is 1. The Morgan fingerprint density at radius 3 is 3.15 bits per heavy atom. The molecular formula is C6H5N3O2S2. The van der Waals surface area contributed by atoms with Gasteiger partial charge in [-0.05, 0) is 11.4 Å². The van der Waals surface area contributed by atoms with Gasteiger partial charge in [-0.2, -0.15) is 4.40 Å². The molecule has 0 aromatic carbocycles. The van der Waals surface area contributed by atoms with Crippen molar-refractivity contribution in [3.63, 3.8) is 0 Å². The van der Waals surface area contributed by atoms with Crippen molar-refractivity contribution >= 4 is 40.3 Å². The minimum atomic E-state index is -1.11. The van der Waals surface area contributed by atoms with Crippen molar-refractivity contribution in [1.82, 2.24) is 0 Å². The average molecular weight is 215 g/mol. The van der Waals surface area contributed by atoms with Crippen molar-refractivity contribution in [3.05, 3.63) is 11.4 Å². The van der Waals surface area contributed by atoms with E-state index < -0.39 is 6.09 Å². The van der Waals surface area contributed by atoms with Crippen molar-refractivity contribution in [1.29, 1.82) is 0 Å². The van der Waals surface area contributed by atoms with E-state index >= 15 is 0 Å². The lowest BCUT2D eigenvalue weighted by atomic mass is 10.5. The summed E-state index contributed by atoms with van der Waals surface area (Å²) in [4.78, 5) is 12.6. The zero-order valence-electron chi connectivity index (χ0n) is 6.30. The Morgan fingerprint density at radius 2 is 2.46 bits per heavy atom. The molecule has 0 bridgehead atoms. The maximum atomic E-state index is 10.8. The van der Waals surface area contributed by atoms with Gasteiger partial charge in [0.15, 0.2) is 0 Å². The lowest BCUT2D eigenvalue weighted by Gasteiger charge is -2.20. The number of thiophene rings is 1. The zero-order valence-corrected chi connectivity index (χ0v) is 7.93. The number of guanidine groups is 1. The highest BCUT2D eigenvalue weighted by atomic mass is 32.2. The quantitative estimate of drug-likeness (QED) is 0.644. The molecule has 3 N–H and O–H groups in total. The lowest BCUT2D eigenvalue weighted by Crippen LogP contribution is -2.41. The fourth-order valence-electron chi connectivity index (χ4n) is 0.948. The molecule has 0 saturated heterocycles. The first-order valence-electron chi connectivity index (χ1n) is 3.31. The number of carboxylic acid groups (broad SMARTS) is 1. The monoisotopic (exact) mass is 215 g/mol. The Hall–Kier alpha value is -1.21. The van der Waals surface area contributed by atoms with Gasteiger partial charge < -0.3 is 10.8 Å². The predicted molar refractivity (Wildman–Crippen MR) is 52.3 cm³/mol. The number of amides is 1. The number of carbonyl (C=O) groups is 1. The van der Waals surface area contributed by atoms with Gasteiger partial charge in [0, 0.05) is 11.9 Å². The number of anilines is 1. The first-order chi connectivity index (χ1) is 6.20. The molecule has 1 aromatic rings. The minimum absolute atomic E-state index is 0.00690. The van der Waals surface area contributed by atoms with Gasteiger partial charge in [0.05, 0.1) is 4.90 Å². The zero-order chi connectivity index (χ0) is 9.42. The van der Waals surface area contributed by atoms with Crippen molar-refractivity contribution in [2.24, 2.45) is 10.1 Å². The van der Waals surface area contributed by atoms with E-state index in [1.807, 2.05) is 11.4 Å². The summed E-state index contributed by atoms with van der Waals surface area (Å²) in [6.07, 6.45) is -1.11. The molecule has 5 nitrogen and oxygen atoms in total. The largest absolute Gasteiger partial charge is 0.464 e. The summed E-state index contributed by atoms with van der Waals surface area (Å²) in [5, 5.41) is 11.3. The smallest absolute Gasteiger partial charge is 0.419 e. The number of rotatable bonds is 0. The summed E-state index contributed by atoms with van der Waals surface area (Å²) in [5.41, 5.74) is 5.43. The van der Waals surface area contributed by atoms with E-state index in [0.717, 1.165) is 9.80 Å². The third-order valence-corrected chi connectivity index (χ3v) is 3.30. The molecule has 13 heavy (non-hydrogen) atoms. The van der Waals surface area contributed by atoms with Crippen LogP contribution in [0.5, 0.6) is 0 Å². The van der Waals surface area contributed by atoms with Crippen molar-refractivity contribution < 1.29 is 9.90 Å². The van der Waals surface area contributed by atoms with E-state index in [9.17, 15) is 4.79 Å². The summed E-state index contributed by atoms with van der Waals surface area (Å²) in [7, 11) is 0. The van der Waals surface area contributed by atoms with Crippen molar-refractivity contribution in [2.75, 3.05) is 4.90 Å². The molecule has 1 aliphatic heterocycles. The van der Waals surface area contributed by atoms with Crippen LogP contribution in [0.4, 0.5) is 9.80 Å². The second-order valence-electron chi connectivity index (χ2n) is 2.25. The molecule has 2 heterocycles. The Labute approximate surface area is 82.0 Å². The fraction of sp³-hybridized carbons (Fsp3) is 0. The van der Waals surface area contributed by atoms with Crippen LogP contribution in [0.25, 0.3) is 0 Å². The number of nitrogens with zero attached hydrogens (tertiary/aromatic N) is 2. The Morgan fingerprint density at radius 1 is 1.69 bits per heavy atom. The number of hydrogen-bond acceptors (Lipinski definition) is 5. The summed E-state index contributed by atoms with van der Waals surface area (Å²) >= 11 is 2.52. The highest BCUT2D eigenvalue weighted by Gasteiger charge is 2.26. The van der Waals surface area contributed by atoms with Crippen molar-refractivity contribution in [2.45, 2.75) is 4.90 Å². The molecule has 0 fully saturated rings. The third kappa shape index (κ3) is 1.25. The van der Waals surface area contributed by atoms with Gasteiger partial charge >= 0.3 is 6.09 Å².